The van der Waals surface area contributed by atoms with Crippen LogP contribution in [0, 0.1) is 16.0 Å². The fourth-order valence-corrected chi connectivity index (χ4v) is 5.54. The van der Waals surface area contributed by atoms with Crippen LogP contribution in [0.5, 0.6) is 11.5 Å². The number of carbonyl (C=O) groups excluding carboxylic acids is 2. The number of Topliss-reactive ketones (excluding diaryl/α,β-unsaturated/α-hetero) is 1. The summed E-state index contributed by atoms with van der Waals surface area (Å²) in [6.07, 6.45) is 7.43. The van der Waals surface area contributed by atoms with Gasteiger partial charge in [-0.05, 0) is 56.1 Å². The molecule has 9 nitrogen and oxygen atoms in total. The van der Waals surface area contributed by atoms with E-state index in [1.807, 2.05) is 6.07 Å². The topological polar surface area (TPSA) is 108 Å². The minimum Gasteiger partial charge on any atom is -0.486 e. The minimum absolute atomic E-state index is 0.114. The first-order valence-electron chi connectivity index (χ1n) is 14.5. The van der Waals surface area contributed by atoms with Crippen molar-refractivity contribution in [2.45, 2.75) is 70.8 Å². The maximum absolute atomic E-state index is 13.5. The maximum Gasteiger partial charge on any atom is 0.345 e. The number of rotatable bonds is 15. The summed E-state index contributed by atoms with van der Waals surface area (Å²) in [5.74, 6) is 0.196. The van der Waals surface area contributed by atoms with Gasteiger partial charge in [-0.25, -0.2) is 4.79 Å². The lowest BCUT2D eigenvalue weighted by atomic mass is 9.88. The van der Waals surface area contributed by atoms with Crippen LogP contribution in [0.15, 0.2) is 42.5 Å². The third kappa shape index (κ3) is 8.03. The molecule has 0 N–H and O–H groups in total. The molecule has 0 spiro atoms. The highest BCUT2D eigenvalue weighted by Gasteiger charge is 2.34. The van der Waals surface area contributed by atoms with Crippen molar-refractivity contribution in [3.63, 3.8) is 0 Å². The second-order valence-corrected chi connectivity index (χ2v) is 10.7. The lowest BCUT2D eigenvalue weighted by Crippen LogP contribution is -2.33. The fourth-order valence-electron chi connectivity index (χ4n) is 5.54. The number of nitro benzene ring substituents is 1. The highest BCUT2D eigenvalue weighted by molar-refractivity contribution is 5.94. The summed E-state index contributed by atoms with van der Waals surface area (Å²) in [6, 6.07) is 11.2. The van der Waals surface area contributed by atoms with E-state index in [4.69, 9.17) is 14.2 Å². The van der Waals surface area contributed by atoms with Crippen molar-refractivity contribution in [1.29, 1.82) is 0 Å². The zero-order chi connectivity index (χ0) is 28.3. The molecule has 0 aromatic heterocycles. The summed E-state index contributed by atoms with van der Waals surface area (Å²) < 4.78 is 17.6. The van der Waals surface area contributed by atoms with E-state index < -0.39 is 17.0 Å². The van der Waals surface area contributed by atoms with Crippen molar-refractivity contribution >= 4 is 17.4 Å². The predicted molar refractivity (Wildman–Crippen MR) is 151 cm³/mol. The Hall–Kier alpha value is -3.46. The molecule has 0 bridgehead atoms. The highest BCUT2D eigenvalue weighted by Crippen LogP contribution is 2.38. The van der Waals surface area contributed by atoms with Crippen molar-refractivity contribution in [3.05, 3.63) is 63.7 Å². The molecule has 1 saturated heterocycles. The number of hydrogen-bond donors (Lipinski definition) is 0. The summed E-state index contributed by atoms with van der Waals surface area (Å²) in [4.78, 5) is 40.1. The molecule has 0 aliphatic carbocycles. The summed E-state index contributed by atoms with van der Waals surface area (Å²) in [6.45, 7) is 5.46. The standard InChI is InChI=1S/C31H40N2O7/c1-2-3-4-5-6-11-25(34)20-24(22-32-16-9-10-17-32)30(23-14-15-28-29(21-23)39-19-18-38-28)40-31(35)26-12-7-8-13-27(26)33(36)37/h7-8,12-15,21,24,30H,2-6,9-11,16-20,22H2,1H3/t24-,30-/m1/s1. The number of nitro groups is 1. The third-order valence-electron chi connectivity index (χ3n) is 7.62. The van der Waals surface area contributed by atoms with Gasteiger partial charge >= 0.3 is 5.97 Å². The molecule has 2 aromatic rings. The number of ether oxygens (including phenoxy) is 3. The molecule has 0 radical (unpaired) electrons. The molecule has 216 valence electrons. The average molecular weight is 553 g/mol. The van der Waals surface area contributed by atoms with Gasteiger partial charge < -0.3 is 19.1 Å². The lowest BCUT2D eigenvalue weighted by molar-refractivity contribution is -0.385. The minimum atomic E-state index is -0.798. The van der Waals surface area contributed by atoms with E-state index >= 15 is 0 Å². The van der Waals surface area contributed by atoms with Crippen molar-refractivity contribution in [2.75, 3.05) is 32.8 Å². The molecule has 2 aromatic carbocycles. The van der Waals surface area contributed by atoms with E-state index in [2.05, 4.69) is 11.8 Å². The van der Waals surface area contributed by atoms with Gasteiger partial charge in [-0.2, -0.15) is 0 Å². The summed E-state index contributed by atoms with van der Waals surface area (Å²) in [5, 5.41) is 11.6. The Bertz CT molecular complexity index is 1160. The Kier molecular flexibility index (Phi) is 10.9. The SMILES string of the molecule is CCCCCCCC(=O)C[C@H](CN1CCCC1)[C@H](OC(=O)c1ccccc1[N+](=O)[O-])c1ccc2c(c1)OCCO2. The maximum atomic E-state index is 13.5. The summed E-state index contributed by atoms with van der Waals surface area (Å²) in [7, 11) is 0. The van der Waals surface area contributed by atoms with Gasteiger partial charge in [0.2, 0.25) is 0 Å². The van der Waals surface area contributed by atoms with Gasteiger partial charge in [-0.15, -0.1) is 0 Å². The Morgan fingerprint density at radius 3 is 2.48 bits per heavy atom. The molecule has 4 rings (SSSR count). The smallest absolute Gasteiger partial charge is 0.345 e. The second-order valence-electron chi connectivity index (χ2n) is 10.7. The molecule has 1 fully saturated rings. The van der Waals surface area contributed by atoms with E-state index in [1.165, 1.54) is 24.6 Å². The normalized spacial score (nSPS) is 16.3. The van der Waals surface area contributed by atoms with Crippen molar-refractivity contribution < 1.29 is 28.7 Å². The van der Waals surface area contributed by atoms with Crippen molar-refractivity contribution in [2.24, 2.45) is 5.92 Å². The van der Waals surface area contributed by atoms with Gasteiger partial charge in [0.1, 0.15) is 30.7 Å². The lowest BCUT2D eigenvalue weighted by Gasteiger charge is -2.31. The molecule has 2 aliphatic heterocycles. The number of ketones is 1. The van der Waals surface area contributed by atoms with Gasteiger partial charge in [0.15, 0.2) is 11.5 Å². The van der Waals surface area contributed by atoms with E-state index in [1.54, 1.807) is 18.2 Å². The summed E-state index contributed by atoms with van der Waals surface area (Å²) in [5.41, 5.74) is 0.251. The molecular formula is C31H40N2O7. The molecular weight excluding hydrogens is 512 g/mol. The summed E-state index contributed by atoms with van der Waals surface area (Å²) >= 11 is 0. The number of carbonyl (C=O) groups is 2. The molecule has 0 unspecified atom stereocenters. The van der Waals surface area contributed by atoms with Crippen LogP contribution in [0.3, 0.4) is 0 Å². The molecule has 0 saturated carbocycles. The van der Waals surface area contributed by atoms with Crippen LogP contribution in [0.1, 0.15) is 86.7 Å². The number of fused-ring (bicyclic) bond motifs is 1. The zero-order valence-corrected chi connectivity index (χ0v) is 23.3. The number of hydrogen-bond acceptors (Lipinski definition) is 8. The van der Waals surface area contributed by atoms with Gasteiger partial charge in [0, 0.05) is 31.4 Å². The molecule has 2 aliphatic rings. The first-order chi connectivity index (χ1) is 19.5. The van der Waals surface area contributed by atoms with E-state index in [0.717, 1.165) is 51.6 Å². The van der Waals surface area contributed by atoms with Gasteiger partial charge in [-0.1, -0.05) is 50.8 Å². The zero-order valence-electron chi connectivity index (χ0n) is 23.3. The van der Waals surface area contributed by atoms with Crippen molar-refractivity contribution in [1.82, 2.24) is 4.90 Å². The first kappa shape index (κ1) is 29.5. The van der Waals surface area contributed by atoms with Gasteiger partial charge in [-0.3, -0.25) is 14.9 Å². The quantitative estimate of drug-likeness (QED) is 0.110. The van der Waals surface area contributed by atoms with Crippen LogP contribution in [-0.4, -0.2) is 54.4 Å². The number of unbranched alkanes of at least 4 members (excludes halogenated alkanes) is 4. The third-order valence-corrected chi connectivity index (χ3v) is 7.62. The van der Waals surface area contributed by atoms with E-state index in [-0.39, 0.29) is 29.4 Å². The Labute approximate surface area is 235 Å². The molecule has 2 heterocycles. The van der Waals surface area contributed by atoms with Crippen LogP contribution < -0.4 is 9.47 Å². The fraction of sp³-hybridized carbons (Fsp3) is 0.548. The Morgan fingerprint density at radius 2 is 1.73 bits per heavy atom. The molecule has 2 atom stereocenters. The second kappa shape index (κ2) is 14.8. The van der Waals surface area contributed by atoms with Gasteiger partial charge in [0.25, 0.3) is 5.69 Å². The monoisotopic (exact) mass is 552 g/mol. The molecule has 9 heteroatoms. The first-order valence-corrected chi connectivity index (χ1v) is 14.5. The van der Waals surface area contributed by atoms with Gasteiger partial charge in [0.05, 0.1) is 4.92 Å². The van der Waals surface area contributed by atoms with Crippen molar-refractivity contribution in [3.8, 4) is 11.5 Å². The number of likely N-dealkylation sites (tertiary alicyclic amines) is 1. The molecule has 40 heavy (non-hydrogen) atoms. The van der Waals surface area contributed by atoms with Crippen LogP contribution in [-0.2, 0) is 9.53 Å². The largest absolute Gasteiger partial charge is 0.486 e. The Morgan fingerprint density at radius 1 is 1.00 bits per heavy atom. The number of nitrogens with zero attached hydrogens (tertiary/aromatic N) is 2. The predicted octanol–water partition coefficient (Wildman–Crippen LogP) is 6.30. The molecule has 0 amide bonds. The number of para-hydroxylation sites is 1. The number of esters is 1. The van der Waals surface area contributed by atoms with Crippen LogP contribution in [0.25, 0.3) is 0 Å². The van der Waals surface area contributed by atoms with Crippen LogP contribution >= 0.6 is 0 Å². The van der Waals surface area contributed by atoms with Crippen LogP contribution in [0.2, 0.25) is 0 Å². The number of benzene rings is 2. The highest BCUT2D eigenvalue weighted by atomic mass is 16.6. The van der Waals surface area contributed by atoms with E-state index in [9.17, 15) is 19.7 Å². The van der Waals surface area contributed by atoms with Crippen LogP contribution in [0.4, 0.5) is 5.69 Å². The average Bonchev–Trinajstić information content (AvgIpc) is 3.48. The Balaban J connectivity index is 1.63. The van der Waals surface area contributed by atoms with E-state index in [0.29, 0.717) is 43.2 Å².